The van der Waals surface area contributed by atoms with Crippen molar-refractivity contribution in [2.75, 3.05) is 7.11 Å². The lowest BCUT2D eigenvalue weighted by Crippen LogP contribution is -2.40. The minimum Gasteiger partial charge on any atom is -0.497 e. The maximum atomic E-state index is 12.2. The number of aryl methyl sites for hydroxylation is 1. The highest BCUT2D eigenvalue weighted by Gasteiger charge is 2.19. The van der Waals surface area contributed by atoms with Gasteiger partial charge in [0.05, 0.1) is 12.8 Å². The number of nitrogens with one attached hydrogen (secondary N) is 1. The van der Waals surface area contributed by atoms with Crippen molar-refractivity contribution in [3.05, 3.63) is 36.0 Å². The van der Waals surface area contributed by atoms with Crippen LogP contribution in [0.4, 0.5) is 0 Å². The SMILES string of the molecule is COc1ccc(-c2cc(C(=O)NC(C)(C)C)nn2C)cc1. The molecule has 112 valence electrons. The lowest BCUT2D eigenvalue weighted by atomic mass is 10.1. The van der Waals surface area contributed by atoms with Crippen molar-refractivity contribution in [2.24, 2.45) is 7.05 Å². The van der Waals surface area contributed by atoms with Gasteiger partial charge >= 0.3 is 0 Å². The first kappa shape index (κ1) is 15.1. The molecule has 0 saturated carbocycles. The summed E-state index contributed by atoms with van der Waals surface area (Å²) in [4.78, 5) is 12.2. The summed E-state index contributed by atoms with van der Waals surface area (Å²) in [5, 5.41) is 7.20. The van der Waals surface area contributed by atoms with Crippen LogP contribution in [0.3, 0.4) is 0 Å². The molecular weight excluding hydrogens is 266 g/mol. The zero-order chi connectivity index (χ0) is 15.6. The van der Waals surface area contributed by atoms with E-state index in [0.717, 1.165) is 17.0 Å². The maximum absolute atomic E-state index is 12.2. The van der Waals surface area contributed by atoms with Gasteiger partial charge in [0.2, 0.25) is 0 Å². The Morgan fingerprint density at radius 3 is 2.38 bits per heavy atom. The van der Waals surface area contributed by atoms with E-state index in [2.05, 4.69) is 10.4 Å². The van der Waals surface area contributed by atoms with E-state index in [0.29, 0.717) is 5.69 Å². The largest absolute Gasteiger partial charge is 0.497 e. The average molecular weight is 287 g/mol. The molecule has 0 saturated heterocycles. The minimum atomic E-state index is -0.283. The Hall–Kier alpha value is -2.30. The molecule has 0 radical (unpaired) electrons. The summed E-state index contributed by atoms with van der Waals surface area (Å²) in [5.41, 5.74) is 2.00. The number of ether oxygens (including phenoxy) is 1. The molecule has 1 amide bonds. The highest BCUT2D eigenvalue weighted by molar-refractivity contribution is 5.93. The lowest BCUT2D eigenvalue weighted by Gasteiger charge is -2.19. The number of rotatable bonds is 3. The topological polar surface area (TPSA) is 56.1 Å². The molecule has 0 bridgehead atoms. The first-order valence-corrected chi connectivity index (χ1v) is 6.81. The Morgan fingerprint density at radius 2 is 1.86 bits per heavy atom. The first-order valence-electron chi connectivity index (χ1n) is 6.81. The van der Waals surface area contributed by atoms with Gasteiger partial charge in [-0.2, -0.15) is 5.10 Å². The number of carbonyl (C=O) groups is 1. The van der Waals surface area contributed by atoms with Crippen molar-refractivity contribution in [1.29, 1.82) is 0 Å². The van der Waals surface area contributed by atoms with Crippen LogP contribution in [0.2, 0.25) is 0 Å². The van der Waals surface area contributed by atoms with Crippen LogP contribution in [-0.4, -0.2) is 28.3 Å². The molecule has 1 aromatic heterocycles. The van der Waals surface area contributed by atoms with Crippen molar-refractivity contribution in [3.63, 3.8) is 0 Å². The summed E-state index contributed by atoms with van der Waals surface area (Å²) >= 11 is 0. The lowest BCUT2D eigenvalue weighted by molar-refractivity contribution is 0.0913. The average Bonchev–Trinajstić information content (AvgIpc) is 2.79. The van der Waals surface area contributed by atoms with Crippen LogP contribution in [0.25, 0.3) is 11.3 Å². The van der Waals surface area contributed by atoms with Gasteiger partial charge in [0.1, 0.15) is 5.75 Å². The third kappa shape index (κ3) is 3.62. The van der Waals surface area contributed by atoms with E-state index in [9.17, 15) is 4.79 Å². The molecule has 0 atom stereocenters. The number of hydrogen-bond donors (Lipinski definition) is 1. The van der Waals surface area contributed by atoms with Crippen molar-refractivity contribution >= 4 is 5.91 Å². The molecule has 0 fully saturated rings. The van der Waals surface area contributed by atoms with E-state index in [1.165, 1.54) is 0 Å². The number of nitrogens with zero attached hydrogens (tertiary/aromatic N) is 2. The summed E-state index contributed by atoms with van der Waals surface area (Å²) in [5.74, 6) is 0.629. The molecule has 1 N–H and O–H groups in total. The fourth-order valence-electron chi connectivity index (χ4n) is 2.01. The Bertz CT molecular complexity index is 637. The van der Waals surface area contributed by atoms with Crippen LogP contribution in [0.1, 0.15) is 31.3 Å². The van der Waals surface area contributed by atoms with Gasteiger partial charge in [-0.05, 0) is 51.1 Å². The van der Waals surface area contributed by atoms with Gasteiger partial charge in [0.15, 0.2) is 5.69 Å². The third-order valence-corrected chi connectivity index (χ3v) is 2.99. The van der Waals surface area contributed by atoms with Crippen LogP contribution in [0, 0.1) is 0 Å². The molecule has 0 aliphatic heterocycles. The smallest absolute Gasteiger partial charge is 0.272 e. The summed E-state index contributed by atoms with van der Waals surface area (Å²) < 4.78 is 6.85. The Labute approximate surface area is 124 Å². The van der Waals surface area contributed by atoms with E-state index >= 15 is 0 Å². The monoisotopic (exact) mass is 287 g/mol. The van der Waals surface area contributed by atoms with E-state index in [4.69, 9.17) is 4.74 Å². The van der Waals surface area contributed by atoms with Gasteiger partial charge in [-0.15, -0.1) is 0 Å². The quantitative estimate of drug-likeness (QED) is 0.944. The Kier molecular flexibility index (Phi) is 4.02. The van der Waals surface area contributed by atoms with Gasteiger partial charge < -0.3 is 10.1 Å². The molecule has 0 unspecified atom stereocenters. The molecule has 21 heavy (non-hydrogen) atoms. The fourth-order valence-corrected chi connectivity index (χ4v) is 2.01. The fraction of sp³-hybridized carbons (Fsp3) is 0.375. The standard InChI is InChI=1S/C16H21N3O2/c1-16(2,3)17-15(20)13-10-14(19(4)18-13)11-6-8-12(21-5)9-7-11/h6-10H,1-5H3,(H,17,20). The molecule has 2 aromatic rings. The Morgan fingerprint density at radius 1 is 1.24 bits per heavy atom. The van der Waals surface area contributed by atoms with Crippen molar-refractivity contribution in [3.8, 4) is 17.0 Å². The van der Waals surface area contributed by atoms with E-state index in [1.807, 2.05) is 52.1 Å². The summed E-state index contributed by atoms with van der Waals surface area (Å²) in [7, 11) is 3.46. The number of amides is 1. The number of benzene rings is 1. The normalized spacial score (nSPS) is 11.3. The molecular formula is C16H21N3O2. The maximum Gasteiger partial charge on any atom is 0.272 e. The molecule has 0 spiro atoms. The van der Waals surface area contributed by atoms with Crippen LogP contribution in [0.5, 0.6) is 5.75 Å². The zero-order valence-corrected chi connectivity index (χ0v) is 13.1. The van der Waals surface area contributed by atoms with Crippen LogP contribution >= 0.6 is 0 Å². The highest BCUT2D eigenvalue weighted by atomic mass is 16.5. The van der Waals surface area contributed by atoms with E-state index < -0.39 is 0 Å². The molecule has 1 aromatic carbocycles. The number of aromatic nitrogens is 2. The predicted molar refractivity (Wildman–Crippen MR) is 82.4 cm³/mol. The summed E-state index contributed by atoms with van der Waals surface area (Å²) in [6.45, 7) is 5.83. The molecule has 5 nitrogen and oxygen atoms in total. The van der Waals surface area contributed by atoms with Gasteiger partial charge in [-0.3, -0.25) is 9.48 Å². The second-order valence-electron chi connectivity index (χ2n) is 5.97. The predicted octanol–water partition coefficient (Wildman–Crippen LogP) is 2.62. The minimum absolute atomic E-state index is 0.169. The van der Waals surface area contributed by atoms with Crippen LogP contribution in [-0.2, 0) is 7.05 Å². The van der Waals surface area contributed by atoms with Gasteiger partial charge in [-0.1, -0.05) is 0 Å². The van der Waals surface area contributed by atoms with Gasteiger partial charge in [-0.25, -0.2) is 0 Å². The summed E-state index contributed by atoms with van der Waals surface area (Å²) in [6.07, 6.45) is 0. The van der Waals surface area contributed by atoms with Crippen LogP contribution < -0.4 is 10.1 Å². The number of methoxy groups -OCH3 is 1. The molecule has 0 aliphatic rings. The van der Waals surface area contributed by atoms with Crippen molar-refractivity contribution in [1.82, 2.24) is 15.1 Å². The molecule has 0 aliphatic carbocycles. The van der Waals surface area contributed by atoms with E-state index in [-0.39, 0.29) is 11.4 Å². The van der Waals surface area contributed by atoms with Gasteiger partial charge in [0.25, 0.3) is 5.91 Å². The highest BCUT2D eigenvalue weighted by Crippen LogP contribution is 2.22. The Balaban J connectivity index is 2.28. The first-order chi connectivity index (χ1) is 9.80. The van der Waals surface area contributed by atoms with Gasteiger partial charge in [0, 0.05) is 18.2 Å². The third-order valence-electron chi connectivity index (χ3n) is 2.99. The molecule has 2 rings (SSSR count). The van der Waals surface area contributed by atoms with E-state index in [1.54, 1.807) is 17.9 Å². The number of hydrogen-bond acceptors (Lipinski definition) is 3. The molecule has 1 heterocycles. The zero-order valence-electron chi connectivity index (χ0n) is 13.1. The number of carbonyl (C=O) groups excluding carboxylic acids is 1. The van der Waals surface area contributed by atoms with Crippen molar-refractivity contribution < 1.29 is 9.53 Å². The second-order valence-corrected chi connectivity index (χ2v) is 5.97. The van der Waals surface area contributed by atoms with Crippen LogP contribution in [0.15, 0.2) is 30.3 Å². The summed E-state index contributed by atoms with van der Waals surface area (Å²) in [6, 6.07) is 9.46. The molecule has 5 heteroatoms. The second kappa shape index (κ2) is 5.60. The van der Waals surface area contributed by atoms with Crippen molar-refractivity contribution in [2.45, 2.75) is 26.3 Å².